The maximum Gasteiger partial charge on any atom is 0.0472 e. The monoisotopic (exact) mass is 282 g/mol. The first-order valence-electron chi connectivity index (χ1n) is 8.56. The SMILES string of the molecule is CCCNCC1(CN2CCCC(C)(C)C2)CCOCC1. The highest BCUT2D eigenvalue weighted by molar-refractivity contribution is 4.90. The topological polar surface area (TPSA) is 24.5 Å². The summed E-state index contributed by atoms with van der Waals surface area (Å²) < 4.78 is 5.61. The van der Waals surface area contributed by atoms with E-state index in [0.29, 0.717) is 10.8 Å². The molecule has 0 bridgehead atoms. The summed E-state index contributed by atoms with van der Waals surface area (Å²) in [5.41, 5.74) is 0.947. The van der Waals surface area contributed by atoms with E-state index in [1.54, 1.807) is 0 Å². The molecule has 0 aromatic heterocycles. The second-order valence-corrected chi connectivity index (χ2v) is 7.77. The molecule has 2 fully saturated rings. The number of hydrogen-bond acceptors (Lipinski definition) is 3. The molecule has 118 valence electrons. The Morgan fingerprint density at radius 3 is 2.55 bits per heavy atom. The fourth-order valence-electron chi connectivity index (χ4n) is 3.88. The Balaban J connectivity index is 1.92. The summed E-state index contributed by atoms with van der Waals surface area (Å²) in [6, 6.07) is 0. The lowest BCUT2D eigenvalue weighted by molar-refractivity contribution is -0.0169. The Morgan fingerprint density at radius 2 is 1.90 bits per heavy atom. The molecule has 3 heteroatoms. The van der Waals surface area contributed by atoms with Crippen LogP contribution in [0.3, 0.4) is 0 Å². The molecule has 0 atom stereocenters. The zero-order chi connectivity index (χ0) is 14.5. The van der Waals surface area contributed by atoms with Crippen LogP contribution in [0, 0.1) is 10.8 Å². The lowest BCUT2D eigenvalue weighted by atomic mass is 9.77. The molecule has 3 nitrogen and oxygen atoms in total. The quantitative estimate of drug-likeness (QED) is 0.758. The molecule has 0 aromatic rings. The van der Waals surface area contributed by atoms with E-state index in [4.69, 9.17) is 4.74 Å². The number of likely N-dealkylation sites (tertiary alicyclic amines) is 1. The van der Waals surface area contributed by atoms with Crippen LogP contribution in [0.25, 0.3) is 0 Å². The number of hydrogen-bond donors (Lipinski definition) is 1. The van der Waals surface area contributed by atoms with Crippen molar-refractivity contribution in [1.82, 2.24) is 10.2 Å². The standard InChI is InChI=1S/C17H34N2O/c1-4-9-18-13-17(7-11-20-12-8-17)15-19-10-5-6-16(2,3)14-19/h18H,4-15H2,1-3H3. The Hall–Kier alpha value is -0.120. The fourth-order valence-corrected chi connectivity index (χ4v) is 3.88. The van der Waals surface area contributed by atoms with Crippen LogP contribution in [-0.4, -0.2) is 50.8 Å². The van der Waals surface area contributed by atoms with Gasteiger partial charge >= 0.3 is 0 Å². The molecule has 0 saturated carbocycles. The van der Waals surface area contributed by atoms with Gasteiger partial charge in [-0.15, -0.1) is 0 Å². The van der Waals surface area contributed by atoms with Crippen LogP contribution in [0.4, 0.5) is 0 Å². The molecule has 0 aromatic carbocycles. The zero-order valence-electron chi connectivity index (χ0n) is 13.8. The van der Waals surface area contributed by atoms with Crippen molar-refractivity contribution in [3.63, 3.8) is 0 Å². The van der Waals surface area contributed by atoms with Crippen molar-refractivity contribution in [3.05, 3.63) is 0 Å². The summed E-state index contributed by atoms with van der Waals surface area (Å²) in [6.45, 7) is 15.1. The summed E-state index contributed by atoms with van der Waals surface area (Å²) in [7, 11) is 0. The summed E-state index contributed by atoms with van der Waals surface area (Å²) in [5, 5.41) is 3.67. The summed E-state index contributed by atoms with van der Waals surface area (Å²) in [4.78, 5) is 2.72. The van der Waals surface area contributed by atoms with Crippen LogP contribution in [0.15, 0.2) is 0 Å². The Bertz CT molecular complexity index is 285. The molecule has 2 heterocycles. The first kappa shape index (κ1) is 16.3. The van der Waals surface area contributed by atoms with E-state index >= 15 is 0 Å². The van der Waals surface area contributed by atoms with Gasteiger partial charge in [0.25, 0.3) is 0 Å². The van der Waals surface area contributed by atoms with E-state index in [1.165, 1.54) is 58.3 Å². The molecule has 0 aliphatic carbocycles. The van der Waals surface area contributed by atoms with E-state index in [2.05, 4.69) is 31.0 Å². The highest BCUT2D eigenvalue weighted by atomic mass is 16.5. The van der Waals surface area contributed by atoms with E-state index in [-0.39, 0.29) is 0 Å². The normalized spacial score (nSPS) is 26.6. The van der Waals surface area contributed by atoms with Gasteiger partial charge in [0.2, 0.25) is 0 Å². The molecule has 0 unspecified atom stereocenters. The van der Waals surface area contributed by atoms with E-state index in [1.807, 2.05) is 0 Å². The van der Waals surface area contributed by atoms with Crippen LogP contribution >= 0.6 is 0 Å². The Kier molecular flexibility index (Phi) is 5.88. The van der Waals surface area contributed by atoms with Crippen molar-refractivity contribution in [2.45, 2.75) is 52.9 Å². The third kappa shape index (κ3) is 4.71. The van der Waals surface area contributed by atoms with Gasteiger partial charge in [0.15, 0.2) is 0 Å². The largest absolute Gasteiger partial charge is 0.381 e. The molecule has 2 rings (SSSR count). The van der Waals surface area contributed by atoms with Crippen molar-refractivity contribution < 1.29 is 4.74 Å². The van der Waals surface area contributed by atoms with Crippen molar-refractivity contribution in [1.29, 1.82) is 0 Å². The molecule has 20 heavy (non-hydrogen) atoms. The van der Waals surface area contributed by atoms with Crippen LogP contribution < -0.4 is 5.32 Å². The lowest BCUT2D eigenvalue weighted by Crippen LogP contribution is -2.51. The summed E-state index contributed by atoms with van der Waals surface area (Å²) in [6.07, 6.45) is 6.42. The zero-order valence-corrected chi connectivity index (χ0v) is 13.8. The van der Waals surface area contributed by atoms with Crippen molar-refractivity contribution in [2.75, 3.05) is 45.9 Å². The molecule has 0 radical (unpaired) electrons. The van der Waals surface area contributed by atoms with E-state index in [9.17, 15) is 0 Å². The molecular formula is C17H34N2O. The van der Waals surface area contributed by atoms with Crippen LogP contribution in [0.2, 0.25) is 0 Å². The van der Waals surface area contributed by atoms with Gasteiger partial charge in [-0.05, 0) is 56.0 Å². The third-order valence-corrected chi connectivity index (χ3v) is 5.02. The first-order chi connectivity index (χ1) is 9.55. The first-order valence-corrected chi connectivity index (χ1v) is 8.56. The van der Waals surface area contributed by atoms with Gasteiger partial charge in [-0.25, -0.2) is 0 Å². The Labute approximate surface area is 125 Å². The number of rotatable bonds is 6. The van der Waals surface area contributed by atoms with Gasteiger partial charge in [-0.3, -0.25) is 0 Å². The van der Waals surface area contributed by atoms with Crippen molar-refractivity contribution in [2.24, 2.45) is 10.8 Å². The van der Waals surface area contributed by atoms with Gasteiger partial charge in [-0.2, -0.15) is 0 Å². The van der Waals surface area contributed by atoms with Gasteiger partial charge in [0, 0.05) is 32.8 Å². The predicted octanol–water partition coefficient (Wildman–Crippen LogP) is 2.90. The molecule has 2 saturated heterocycles. The highest BCUT2D eigenvalue weighted by Crippen LogP contribution is 2.35. The van der Waals surface area contributed by atoms with Crippen LogP contribution in [0.1, 0.15) is 52.9 Å². The highest BCUT2D eigenvalue weighted by Gasteiger charge is 2.36. The molecule has 2 aliphatic rings. The summed E-state index contributed by atoms with van der Waals surface area (Å²) >= 11 is 0. The smallest absolute Gasteiger partial charge is 0.0472 e. The maximum absolute atomic E-state index is 5.61. The van der Waals surface area contributed by atoms with Gasteiger partial charge < -0.3 is 15.0 Å². The number of piperidine rings is 1. The second kappa shape index (κ2) is 7.24. The molecular weight excluding hydrogens is 248 g/mol. The lowest BCUT2D eigenvalue weighted by Gasteiger charge is -2.45. The Morgan fingerprint density at radius 1 is 1.15 bits per heavy atom. The van der Waals surface area contributed by atoms with Crippen LogP contribution in [0.5, 0.6) is 0 Å². The molecule has 0 amide bonds. The van der Waals surface area contributed by atoms with Crippen molar-refractivity contribution in [3.8, 4) is 0 Å². The minimum Gasteiger partial charge on any atom is -0.381 e. The predicted molar refractivity (Wildman–Crippen MR) is 85.1 cm³/mol. The second-order valence-electron chi connectivity index (χ2n) is 7.77. The van der Waals surface area contributed by atoms with E-state index < -0.39 is 0 Å². The van der Waals surface area contributed by atoms with Crippen LogP contribution in [-0.2, 0) is 4.74 Å². The van der Waals surface area contributed by atoms with Crippen molar-refractivity contribution >= 4 is 0 Å². The van der Waals surface area contributed by atoms with Gasteiger partial charge in [0.1, 0.15) is 0 Å². The number of nitrogens with zero attached hydrogens (tertiary/aromatic N) is 1. The maximum atomic E-state index is 5.61. The molecule has 1 N–H and O–H groups in total. The minimum absolute atomic E-state index is 0.445. The molecule has 0 spiro atoms. The summed E-state index contributed by atoms with van der Waals surface area (Å²) in [5.74, 6) is 0. The third-order valence-electron chi connectivity index (χ3n) is 5.02. The average molecular weight is 282 g/mol. The minimum atomic E-state index is 0.445. The van der Waals surface area contributed by atoms with Gasteiger partial charge in [0.05, 0.1) is 0 Å². The number of ether oxygens (including phenoxy) is 1. The van der Waals surface area contributed by atoms with E-state index in [0.717, 1.165) is 19.8 Å². The molecule has 2 aliphatic heterocycles. The van der Waals surface area contributed by atoms with Gasteiger partial charge in [-0.1, -0.05) is 20.8 Å². The number of nitrogens with one attached hydrogen (secondary N) is 1. The average Bonchev–Trinajstić information content (AvgIpc) is 2.39. The fraction of sp³-hybridized carbons (Fsp3) is 1.00.